The minimum atomic E-state index is -0.208. The first-order chi connectivity index (χ1) is 13.6. The molecule has 3 aromatic rings. The Bertz CT molecular complexity index is 924. The number of halogens is 1. The van der Waals surface area contributed by atoms with Crippen molar-refractivity contribution in [2.24, 2.45) is 0 Å². The normalized spacial score (nSPS) is 10.5. The van der Waals surface area contributed by atoms with Crippen LogP contribution in [0.3, 0.4) is 0 Å². The molecule has 0 aliphatic rings. The summed E-state index contributed by atoms with van der Waals surface area (Å²) in [5.74, 6) is 1.85. The number of methoxy groups -OCH3 is 2. The molecular formula is C19H18ClN3O4S. The van der Waals surface area contributed by atoms with Crippen LogP contribution in [0.2, 0.25) is 5.02 Å². The zero-order valence-corrected chi connectivity index (χ0v) is 16.8. The molecule has 0 spiro atoms. The van der Waals surface area contributed by atoms with Crippen molar-refractivity contribution in [3.8, 4) is 23.0 Å². The highest BCUT2D eigenvalue weighted by atomic mass is 35.5. The first kappa shape index (κ1) is 20.0. The Hall–Kier alpha value is -2.71. The summed E-state index contributed by atoms with van der Waals surface area (Å²) in [4.78, 5) is 13.1. The van der Waals surface area contributed by atoms with Crippen LogP contribution < -0.4 is 14.8 Å². The molecule has 1 aromatic heterocycles. The fraction of sp³-hybridized carbons (Fsp3) is 0.211. The summed E-state index contributed by atoms with van der Waals surface area (Å²) >= 11 is 7.42. The Balaban J connectivity index is 1.56. The summed E-state index contributed by atoms with van der Waals surface area (Å²) in [7, 11) is 3.11. The van der Waals surface area contributed by atoms with E-state index in [0.29, 0.717) is 34.3 Å². The molecule has 0 saturated carbocycles. The molecule has 9 heteroatoms. The van der Waals surface area contributed by atoms with Gasteiger partial charge in [-0.2, -0.15) is 0 Å². The summed E-state index contributed by atoms with van der Waals surface area (Å²) < 4.78 is 16.0. The van der Waals surface area contributed by atoms with Gasteiger partial charge in [-0.25, -0.2) is 0 Å². The Morgan fingerprint density at radius 1 is 1.11 bits per heavy atom. The van der Waals surface area contributed by atoms with Crippen LogP contribution in [0, 0.1) is 0 Å². The van der Waals surface area contributed by atoms with Crippen molar-refractivity contribution in [2.75, 3.05) is 25.3 Å². The first-order valence-corrected chi connectivity index (χ1v) is 9.69. The average molecular weight is 420 g/mol. The molecule has 0 bridgehead atoms. The molecular weight excluding hydrogens is 402 g/mol. The number of anilines is 1. The molecule has 0 fully saturated rings. The average Bonchev–Trinajstić information content (AvgIpc) is 3.17. The van der Waals surface area contributed by atoms with E-state index in [9.17, 15) is 4.79 Å². The number of hydrogen-bond donors (Lipinski definition) is 1. The maximum Gasteiger partial charge on any atom is 0.322 e. The van der Waals surface area contributed by atoms with Crippen LogP contribution in [0.5, 0.6) is 11.5 Å². The Morgan fingerprint density at radius 3 is 2.43 bits per heavy atom. The van der Waals surface area contributed by atoms with Gasteiger partial charge in [0.05, 0.1) is 14.2 Å². The summed E-state index contributed by atoms with van der Waals surface area (Å²) in [6.07, 6.45) is 0.304. The lowest BCUT2D eigenvalue weighted by Crippen LogP contribution is -2.12. The standard InChI is InChI=1S/C19H18ClN3O4S/c1-25-14-9-12(10-15(11-14)26-2)18-22-23-19(27-18)21-17(24)7-8-28-16-5-3-13(20)4-6-16/h3-6,9-11H,7-8H2,1-2H3,(H,21,23,24). The molecule has 0 aliphatic heterocycles. The highest BCUT2D eigenvalue weighted by Gasteiger charge is 2.13. The van der Waals surface area contributed by atoms with Crippen LogP contribution in [-0.4, -0.2) is 36.1 Å². The Morgan fingerprint density at radius 2 is 1.79 bits per heavy atom. The number of nitrogens with one attached hydrogen (secondary N) is 1. The number of carbonyl (C=O) groups is 1. The van der Waals surface area contributed by atoms with E-state index in [1.165, 1.54) is 0 Å². The van der Waals surface area contributed by atoms with Crippen molar-refractivity contribution in [1.29, 1.82) is 0 Å². The molecule has 0 unspecified atom stereocenters. The number of carbonyl (C=O) groups excluding carboxylic acids is 1. The third-order valence-electron chi connectivity index (χ3n) is 3.68. The van der Waals surface area contributed by atoms with Gasteiger partial charge in [-0.15, -0.1) is 16.9 Å². The van der Waals surface area contributed by atoms with Gasteiger partial charge in [-0.3, -0.25) is 10.1 Å². The van der Waals surface area contributed by atoms with Crippen LogP contribution in [-0.2, 0) is 4.79 Å². The third-order valence-corrected chi connectivity index (χ3v) is 4.95. The molecule has 1 amide bonds. The van der Waals surface area contributed by atoms with E-state index in [-0.39, 0.29) is 17.8 Å². The third kappa shape index (κ3) is 5.40. The van der Waals surface area contributed by atoms with E-state index in [4.69, 9.17) is 25.5 Å². The number of benzene rings is 2. The van der Waals surface area contributed by atoms with Gasteiger partial charge >= 0.3 is 6.01 Å². The second-order valence-corrected chi connectivity index (χ2v) is 7.22. The summed E-state index contributed by atoms with van der Waals surface area (Å²) in [6, 6.07) is 12.7. The van der Waals surface area contributed by atoms with Gasteiger partial charge < -0.3 is 13.9 Å². The minimum Gasteiger partial charge on any atom is -0.497 e. The number of hydrogen-bond acceptors (Lipinski definition) is 7. The van der Waals surface area contributed by atoms with Crippen molar-refractivity contribution < 1.29 is 18.7 Å². The van der Waals surface area contributed by atoms with Gasteiger partial charge in [0.15, 0.2) is 0 Å². The zero-order valence-electron chi connectivity index (χ0n) is 15.3. The largest absolute Gasteiger partial charge is 0.497 e. The zero-order chi connectivity index (χ0) is 19.9. The lowest BCUT2D eigenvalue weighted by Gasteiger charge is -2.05. The maximum absolute atomic E-state index is 12.1. The van der Waals surface area contributed by atoms with Gasteiger partial charge in [-0.05, 0) is 36.4 Å². The topological polar surface area (TPSA) is 86.5 Å². The van der Waals surface area contributed by atoms with Crippen LogP contribution in [0.4, 0.5) is 6.01 Å². The summed E-state index contributed by atoms with van der Waals surface area (Å²) in [6.45, 7) is 0. The first-order valence-electron chi connectivity index (χ1n) is 8.32. The number of rotatable bonds is 8. The fourth-order valence-electron chi connectivity index (χ4n) is 2.30. The SMILES string of the molecule is COc1cc(OC)cc(-c2nnc(NC(=O)CCSc3ccc(Cl)cc3)o2)c1. The van der Waals surface area contributed by atoms with E-state index in [0.717, 1.165) is 4.90 Å². The Labute approximate surface area is 171 Å². The molecule has 1 heterocycles. The van der Waals surface area contributed by atoms with E-state index in [1.54, 1.807) is 44.2 Å². The molecule has 2 aromatic carbocycles. The van der Waals surface area contributed by atoms with Crippen LogP contribution >= 0.6 is 23.4 Å². The highest BCUT2D eigenvalue weighted by Crippen LogP contribution is 2.29. The number of thioether (sulfide) groups is 1. The van der Waals surface area contributed by atoms with Crippen molar-refractivity contribution >= 4 is 35.3 Å². The van der Waals surface area contributed by atoms with Crippen LogP contribution in [0.15, 0.2) is 51.8 Å². The molecule has 0 radical (unpaired) electrons. The molecule has 7 nitrogen and oxygen atoms in total. The molecule has 3 rings (SSSR count). The highest BCUT2D eigenvalue weighted by molar-refractivity contribution is 7.99. The van der Waals surface area contributed by atoms with E-state index < -0.39 is 0 Å². The van der Waals surface area contributed by atoms with Gasteiger partial charge in [0, 0.05) is 33.7 Å². The van der Waals surface area contributed by atoms with Crippen LogP contribution in [0.25, 0.3) is 11.5 Å². The van der Waals surface area contributed by atoms with Gasteiger partial charge in [0.1, 0.15) is 11.5 Å². The smallest absolute Gasteiger partial charge is 0.322 e. The second kappa shape index (κ2) is 9.48. The summed E-state index contributed by atoms with van der Waals surface area (Å²) in [5.41, 5.74) is 0.627. The van der Waals surface area contributed by atoms with Gasteiger partial charge in [0.25, 0.3) is 0 Å². The van der Waals surface area contributed by atoms with E-state index in [2.05, 4.69) is 15.5 Å². The minimum absolute atomic E-state index is 0.0401. The van der Waals surface area contributed by atoms with Crippen molar-refractivity contribution in [3.05, 3.63) is 47.5 Å². The van der Waals surface area contributed by atoms with Gasteiger partial charge in [-0.1, -0.05) is 16.7 Å². The number of aromatic nitrogens is 2. The lowest BCUT2D eigenvalue weighted by atomic mass is 10.2. The van der Waals surface area contributed by atoms with E-state index >= 15 is 0 Å². The maximum atomic E-state index is 12.1. The predicted octanol–water partition coefficient (Wildman–Crippen LogP) is 4.53. The number of amides is 1. The molecule has 1 N–H and O–H groups in total. The van der Waals surface area contributed by atoms with Crippen molar-refractivity contribution in [2.45, 2.75) is 11.3 Å². The molecule has 0 aliphatic carbocycles. The monoisotopic (exact) mass is 419 g/mol. The molecule has 0 saturated heterocycles. The van der Waals surface area contributed by atoms with Gasteiger partial charge in [0.2, 0.25) is 11.8 Å². The predicted molar refractivity (Wildman–Crippen MR) is 108 cm³/mol. The van der Waals surface area contributed by atoms with Crippen molar-refractivity contribution in [3.63, 3.8) is 0 Å². The fourth-order valence-corrected chi connectivity index (χ4v) is 3.27. The number of ether oxygens (including phenoxy) is 2. The van der Waals surface area contributed by atoms with Crippen LogP contribution in [0.1, 0.15) is 6.42 Å². The molecule has 28 heavy (non-hydrogen) atoms. The summed E-state index contributed by atoms with van der Waals surface area (Å²) in [5, 5.41) is 11.1. The molecule has 0 atom stereocenters. The van der Waals surface area contributed by atoms with E-state index in [1.807, 2.05) is 24.3 Å². The van der Waals surface area contributed by atoms with Crippen molar-refractivity contribution in [1.82, 2.24) is 10.2 Å². The second-order valence-electron chi connectivity index (χ2n) is 5.61. The quantitative estimate of drug-likeness (QED) is 0.537. The number of nitrogens with zero attached hydrogens (tertiary/aromatic N) is 2. The lowest BCUT2D eigenvalue weighted by molar-refractivity contribution is -0.115. The Kier molecular flexibility index (Phi) is 6.78. The molecule has 146 valence electrons.